The topological polar surface area (TPSA) is 73.2 Å². The van der Waals surface area contributed by atoms with Crippen LogP contribution in [0.15, 0.2) is 0 Å². The zero-order valence-electron chi connectivity index (χ0n) is 9.98. The van der Waals surface area contributed by atoms with Crippen LogP contribution < -0.4 is 5.32 Å². The third-order valence-electron chi connectivity index (χ3n) is 3.73. The molecule has 0 bridgehead atoms. The third-order valence-corrected chi connectivity index (χ3v) is 3.73. The molecule has 1 saturated heterocycles. The van der Waals surface area contributed by atoms with Gasteiger partial charge >= 0.3 is 0 Å². The molecule has 1 aliphatic heterocycles. The van der Waals surface area contributed by atoms with E-state index in [9.17, 15) is 9.59 Å². The molecule has 17 heavy (non-hydrogen) atoms. The van der Waals surface area contributed by atoms with Crippen molar-refractivity contribution in [2.75, 3.05) is 7.05 Å². The number of likely N-dealkylation sites (N-methyl/N-ethyl adjacent to an activating group) is 1. The maximum Gasteiger partial charge on any atom is 0.246 e. The Kier molecular flexibility index (Phi) is 3.43. The Morgan fingerprint density at radius 3 is 2.65 bits per heavy atom. The number of nitrogens with one attached hydrogen (secondary N) is 1. The number of hydrogen-bond acceptors (Lipinski definition) is 4. The molecule has 2 amide bonds. The smallest absolute Gasteiger partial charge is 0.246 e. The van der Waals surface area contributed by atoms with E-state index in [2.05, 4.69) is 11.4 Å². The van der Waals surface area contributed by atoms with Crippen LogP contribution >= 0.6 is 0 Å². The zero-order valence-corrected chi connectivity index (χ0v) is 9.98. The molecule has 1 aliphatic carbocycles. The molecule has 0 aromatic rings. The molecule has 0 aromatic heterocycles. The number of amides is 2. The van der Waals surface area contributed by atoms with Gasteiger partial charge < -0.3 is 5.32 Å². The van der Waals surface area contributed by atoms with E-state index in [0.29, 0.717) is 0 Å². The van der Waals surface area contributed by atoms with Crippen LogP contribution in [-0.4, -0.2) is 35.8 Å². The lowest BCUT2D eigenvalue weighted by Crippen LogP contribution is -2.47. The van der Waals surface area contributed by atoms with Crippen molar-refractivity contribution in [3.05, 3.63) is 0 Å². The van der Waals surface area contributed by atoms with Crippen LogP contribution in [0.4, 0.5) is 0 Å². The van der Waals surface area contributed by atoms with Gasteiger partial charge in [-0.15, -0.1) is 0 Å². The molecule has 0 aromatic carbocycles. The lowest BCUT2D eigenvalue weighted by atomic mass is 9.85. The molecule has 2 fully saturated rings. The lowest BCUT2D eigenvalue weighted by molar-refractivity contribution is -0.137. The molecule has 0 radical (unpaired) electrons. The Balaban J connectivity index is 1.99. The number of hydrogen-bond donors (Lipinski definition) is 1. The number of carbonyl (C=O) groups is 2. The minimum Gasteiger partial charge on any atom is -0.301 e. The first kappa shape index (κ1) is 12.1. The molecular formula is C12H17N3O2. The predicted molar refractivity (Wildman–Crippen MR) is 60.7 cm³/mol. The van der Waals surface area contributed by atoms with Crippen LogP contribution in [0.25, 0.3) is 0 Å². The summed E-state index contributed by atoms with van der Waals surface area (Å²) in [7, 11) is 1.51. The van der Waals surface area contributed by atoms with E-state index in [1.807, 2.05) is 0 Å². The normalized spacial score (nSPS) is 33.9. The largest absolute Gasteiger partial charge is 0.301 e. The number of carbonyl (C=O) groups excluding carboxylic acids is 2. The van der Waals surface area contributed by atoms with Crippen molar-refractivity contribution in [2.45, 2.75) is 44.2 Å². The Morgan fingerprint density at radius 2 is 2.06 bits per heavy atom. The van der Waals surface area contributed by atoms with Gasteiger partial charge in [-0.1, -0.05) is 12.8 Å². The maximum atomic E-state index is 11.7. The molecule has 1 saturated carbocycles. The number of likely N-dealkylation sites (tertiary alicyclic amines) is 1. The molecule has 5 nitrogen and oxygen atoms in total. The van der Waals surface area contributed by atoms with Gasteiger partial charge in [0.25, 0.3) is 0 Å². The highest BCUT2D eigenvalue weighted by atomic mass is 16.2. The Bertz CT molecular complexity index is 374. The van der Waals surface area contributed by atoms with Crippen LogP contribution in [0.5, 0.6) is 0 Å². The highest BCUT2D eigenvalue weighted by molar-refractivity contribution is 6.05. The first-order chi connectivity index (χ1) is 8.13. The van der Waals surface area contributed by atoms with Crippen LogP contribution in [0.3, 0.4) is 0 Å². The summed E-state index contributed by atoms with van der Waals surface area (Å²) in [5.74, 6) is -0.341. The van der Waals surface area contributed by atoms with Crippen LogP contribution in [0.1, 0.15) is 32.1 Å². The highest BCUT2D eigenvalue weighted by Gasteiger charge is 2.38. The van der Waals surface area contributed by atoms with E-state index in [0.717, 1.165) is 25.7 Å². The molecule has 3 atom stereocenters. The van der Waals surface area contributed by atoms with Gasteiger partial charge in [0.2, 0.25) is 11.8 Å². The van der Waals surface area contributed by atoms with Gasteiger partial charge in [-0.3, -0.25) is 14.5 Å². The molecule has 3 unspecified atom stereocenters. The summed E-state index contributed by atoms with van der Waals surface area (Å²) in [4.78, 5) is 24.3. The van der Waals surface area contributed by atoms with Gasteiger partial charge in [0.15, 0.2) is 0 Å². The second-order valence-corrected chi connectivity index (χ2v) is 4.84. The maximum absolute atomic E-state index is 11.7. The van der Waals surface area contributed by atoms with Gasteiger partial charge in [0.05, 0.1) is 24.4 Å². The van der Waals surface area contributed by atoms with Crippen molar-refractivity contribution in [3.8, 4) is 6.07 Å². The van der Waals surface area contributed by atoms with Gasteiger partial charge in [0.1, 0.15) is 0 Å². The lowest BCUT2D eigenvalue weighted by Gasteiger charge is -2.29. The van der Waals surface area contributed by atoms with E-state index in [1.54, 1.807) is 0 Å². The molecule has 1 heterocycles. The molecule has 5 heteroatoms. The molecule has 1 N–H and O–H groups in total. The van der Waals surface area contributed by atoms with Gasteiger partial charge in [-0.2, -0.15) is 5.26 Å². The van der Waals surface area contributed by atoms with E-state index in [1.165, 1.54) is 11.9 Å². The van der Waals surface area contributed by atoms with Crippen LogP contribution in [0.2, 0.25) is 0 Å². The van der Waals surface area contributed by atoms with Gasteiger partial charge in [0, 0.05) is 13.1 Å². The van der Waals surface area contributed by atoms with Crippen molar-refractivity contribution in [1.29, 1.82) is 5.26 Å². The Hall–Kier alpha value is -1.41. The third kappa shape index (κ3) is 2.32. The minimum absolute atomic E-state index is 0.0300. The van der Waals surface area contributed by atoms with E-state index < -0.39 is 6.04 Å². The average molecular weight is 235 g/mol. The number of nitriles is 1. The summed E-state index contributed by atoms with van der Waals surface area (Å²) in [5, 5.41) is 12.2. The molecule has 2 aliphatic rings. The zero-order chi connectivity index (χ0) is 12.4. The first-order valence-electron chi connectivity index (χ1n) is 6.09. The van der Waals surface area contributed by atoms with Crippen molar-refractivity contribution in [1.82, 2.24) is 10.2 Å². The SMILES string of the molecule is CN1C(=O)CC(NC2CCCCC2C#N)C1=O. The summed E-state index contributed by atoms with van der Waals surface area (Å²) < 4.78 is 0. The number of imide groups is 1. The second kappa shape index (κ2) is 4.84. The van der Waals surface area contributed by atoms with E-state index >= 15 is 0 Å². The summed E-state index contributed by atoms with van der Waals surface area (Å²) in [6, 6.07) is 1.93. The average Bonchev–Trinajstić information content (AvgIpc) is 2.58. The first-order valence-corrected chi connectivity index (χ1v) is 6.09. The van der Waals surface area contributed by atoms with E-state index in [4.69, 9.17) is 5.26 Å². The fourth-order valence-electron chi connectivity index (χ4n) is 2.63. The Morgan fingerprint density at radius 1 is 1.35 bits per heavy atom. The summed E-state index contributed by atoms with van der Waals surface area (Å²) in [6.45, 7) is 0. The van der Waals surface area contributed by atoms with Crippen LogP contribution in [0, 0.1) is 17.2 Å². The number of rotatable bonds is 2. The van der Waals surface area contributed by atoms with Crippen molar-refractivity contribution >= 4 is 11.8 Å². The minimum atomic E-state index is -0.425. The van der Waals surface area contributed by atoms with Crippen LogP contribution in [-0.2, 0) is 9.59 Å². The monoisotopic (exact) mass is 235 g/mol. The molecular weight excluding hydrogens is 218 g/mol. The van der Waals surface area contributed by atoms with Gasteiger partial charge in [-0.05, 0) is 12.8 Å². The van der Waals surface area contributed by atoms with Crippen molar-refractivity contribution in [2.24, 2.45) is 5.92 Å². The van der Waals surface area contributed by atoms with Crippen molar-refractivity contribution < 1.29 is 9.59 Å². The number of nitrogens with zero attached hydrogens (tertiary/aromatic N) is 2. The molecule has 92 valence electrons. The fourth-order valence-corrected chi connectivity index (χ4v) is 2.63. The summed E-state index contributed by atoms with van der Waals surface area (Å²) in [6.07, 6.45) is 4.19. The quantitative estimate of drug-likeness (QED) is 0.704. The summed E-state index contributed by atoms with van der Waals surface area (Å²) in [5.41, 5.74) is 0. The molecule has 0 spiro atoms. The van der Waals surface area contributed by atoms with Gasteiger partial charge in [-0.25, -0.2) is 0 Å². The standard InChI is InChI=1S/C12H17N3O2/c1-15-11(16)6-10(12(15)17)14-9-5-3-2-4-8(9)7-13/h8-10,14H,2-6H2,1H3. The van der Waals surface area contributed by atoms with E-state index in [-0.39, 0.29) is 30.2 Å². The fraction of sp³-hybridized carbons (Fsp3) is 0.750. The second-order valence-electron chi connectivity index (χ2n) is 4.84. The Labute approximate surface area is 101 Å². The summed E-state index contributed by atoms with van der Waals surface area (Å²) >= 11 is 0. The highest BCUT2D eigenvalue weighted by Crippen LogP contribution is 2.25. The van der Waals surface area contributed by atoms with Crippen molar-refractivity contribution in [3.63, 3.8) is 0 Å². The molecule has 2 rings (SSSR count). The predicted octanol–water partition coefficient (Wildman–Crippen LogP) is 0.416.